The lowest BCUT2D eigenvalue weighted by molar-refractivity contribution is -0.135. The van der Waals surface area contributed by atoms with Gasteiger partial charge >= 0.3 is 6.09 Å². The van der Waals surface area contributed by atoms with E-state index < -0.39 is 5.60 Å². The van der Waals surface area contributed by atoms with Crippen molar-refractivity contribution in [3.05, 3.63) is 66.3 Å². The van der Waals surface area contributed by atoms with Crippen LogP contribution >= 0.6 is 23.1 Å². The molecule has 1 aliphatic heterocycles. The largest absolute Gasteiger partial charge is 0.444 e. The van der Waals surface area contributed by atoms with E-state index in [0.717, 1.165) is 39.5 Å². The minimum Gasteiger partial charge on any atom is -0.444 e. The quantitative estimate of drug-likeness (QED) is 0.142. The number of anilines is 1. The van der Waals surface area contributed by atoms with Gasteiger partial charge in [-0.05, 0) is 51.2 Å². The molecule has 1 aliphatic rings. The number of ether oxygens (including phenoxy) is 1. The van der Waals surface area contributed by atoms with Crippen LogP contribution in [0, 0.1) is 5.92 Å². The molecule has 4 aromatic rings. The normalized spacial score (nSPS) is 14.7. The molecule has 3 amide bonds. The number of hydrogen-bond acceptors (Lipinski definition) is 10. The number of nitrogens with zero attached hydrogens (tertiary/aromatic N) is 6. The highest BCUT2D eigenvalue weighted by Gasteiger charge is 2.29. The predicted octanol–water partition coefficient (Wildman–Crippen LogP) is 8.17. The lowest BCUT2D eigenvalue weighted by Gasteiger charge is -2.31. The second-order valence-electron chi connectivity index (χ2n) is 15.2. The second-order valence-corrected chi connectivity index (χ2v) is 17.5. The summed E-state index contributed by atoms with van der Waals surface area (Å²) in [6, 6.07) is 8.01. The zero-order valence-electron chi connectivity index (χ0n) is 31.5. The third kappa shape index (κ3) is 10.5. The van der Waals surface area contributed by atoms with Gasteiger partial charge in [0.2, 0.25) is 17.7 Å². The van der Waals surface area contributed by atoms with Gasteiger partial charge < -0.3 is 24.3 Å². The van der Waals surface area contributed by atoms with Crippen molar-refractivity contribution in [1.29, 1.82) is 0 Å². The molecule has 5 rings (SSSR count). The fourth-order valence-corrected chi connectivity index (χ4v) is 7.62. The van der Waals surface area contributed by atoms with Crippen molar-refractivity contribution in [3.63, 3.8) is 0 Å². The topological polar surface area (TPSA) is 136 Å². The Morgan fingerprint density at radius 3 is 2.38 bits per heavy atom. The van der Waals surface area contributed by atoms with Gasteiger partial charge in [0, 0.05) is 43.2 Å². The molecule has 0 spiro atoms. The third-order valence-corrected chi connectivity index (χ3v) is 10.9. The van der Waals surface area contributed by atoms with Gasteiger partial charge in [-0.2, -0.15) is 5.10 Å². The van der Waals surface area contributed by atoms with Crippen molar-refractivity contribution in [2.75, 3.05) is 25.5 Å². The molecule has 1 saturated heterocycles. The predicted molar refractivity (Wildman–Crippen MR) is 204 cm³/mol. The summed E-state index contributed by atoms with van der Waals surface area (Å²) in [5, 5.41) is 7.98. The number of aromatic nitrogens is 4. The molecule has 0 aliphatic carbocycles. The van der Waals surface area contributed by atoms with E-state index in [0.29, 0.717) is 42.7 Å². The monoisotopic (exact) mass is 749 g/mol. The van der Waals surface area contributed by atoms with E-state index in [9.17, 15) is 14.4 Å². The minimum atomic E-state index is -0.564. The lowest BCUT2D eigenvalue weighted by Crippen LogP contribution is -2.42. The number of thiazole rings is 1. The molecule has 280 valence electrons. The second kappa shape index (κ2) is 16.7. The van der Waals surface area contributed by atoms with Crippen LogP contribution in [0.1, 0.15) is 97.4 Å². The van der Waals surface area contributed by atoms with Gasteiger partial charge in [-0.15, -0.1) is 11.8 Å². The fraction of sp³-hybridized carbons (Fsp3) is 0.526. The van der Waals surface area contributed by atoms with E-state index in [1.165, 1.54) is 11.3 Å². The molecule has 1 fully saturated rings. The zero-order chi connectivity index (χ0) is 37.6. The fourth-order valence-electron chi connectivity index (χ4n) is 5.89. The summed E-state index contributed by atoms with van der Waals surface area (Å²) in [5.41, 5.74) is 2.25. The number of piperidine rings is 1. The maximum Gasteiger partial charge on any atom is 0.410 e. The van der Waals surface area contributed by atoms with Gasteiger partial charge in [0.1, 0.15) is 17.9 Å². The number of nitrogens with one attached hydrogen (secondary N) is 1. The van der Waals surface area contributed by atoms with Crippen LogP contribution in [0.2, 0.25) is 0 Å². The van der Waals surface area contributed by atoms with Crippen LogP contribution in [0.15, 0.2) is 57.7 Å². The summed E-state index contributed by atoms with van der Waals surface area (Å²) < 4.78 is 14.1. The molecule has 1 atom stereocenters. The molecular weight excluding hydrogens is 699 g/mol. The highest BCUT2D eigenvalue weighted by atomic mass is 32.2. The van der Waals surface area contributed by atoms with E-state index >= 15 is 0 Å². The van der Waals surface area contributed by atoms with E-state index in [1.54, 1.807) is 51.9 Å². The standard InChI is InChI=1S/C38H51N7O5S2/c1-9-10-29(43(8)36(48)50-38(5,6)7)26-13-11-25(12-14-26)28-19-41-45(22-28)23-32(46)44-17-15-27(16-18-44)34(47)42-35-40-21-33(52-35)51-24-31-39-20-30(49-31)37(2,3)4/h11-14,19-22,27,29H,9-10,15-18,23-24H2,1-8H3,(H,40,42,47). The molecule has 0 bridgehead atoms. The number of thioether (sulfide) groups is 1. The van der Waals surface area contributed by atoms with Gasteiger partial charge in [-0.25, -0.2) is 14.8 Å². The van der Waals surface area contributed by atoms with Gasteiger partial charge in [-0.3, -0.25) is 14.3 Å². The van der Waals surface area contributed by atoms with Crippen LogP contribution in [0.4, 0.5) is 9.93 Å². The Bertz CT molecular complexity index is 1810. The molecule has 14 heteroatoms. The molecule has 1 aromatic carbocycles. The van der Waals surface area contributed by atoms with Gasteiger partial charge in [0.25, 0.3) is 0 Å². The Balaban J connectivity index is 1.07. The average molecular weight is 750 g/mol. The molecule has 0 saturated carbocycles. The Kier molecular flexibility index (Phi) is 12.5. The van der Waals surface area contributed by atoms with E-state index in [1.807, 2.05) is 51.2 Å². The zero-order valence-corrected chi connectivity index (χ0v) is 33.1. The molecule has 1 unspecified atom stereocenters. The first-order valence-corrected chi connectivity index (χ1v) is 19.6. The average Bonchev–Trinajstić information content (AvgIpc) is 3.87. The van der Waals surface area contributed by atoms with Crippen LogP contribution in [0.3, 0.4) is 0 Å². The van der Waals surface area contributed by atoms with Crippen LogP contribution in [-0.2, 0) is 32.0 Å². The van der Waals surface area contributed by atoms with Gasteiger partial charge in [-0.1, -0.05) is 69.7 Å². The third-order valence-electron chi connectivity index (χ3n) is 8.83. The summed E-state index contributed by atoms with van der Waals surface area (Å²) in [5.74, 6) is 1.82. The van der Waals surface area contributed by atoms with Crippen LogP contribution < -0.4 is 5.32 Å². The SMILES string of the molecule is CCCC(c1ccc(-c2cnn(CC(=O)N3CCC(C(=O)Nc4ncc(SCc5ncc(C(C)(C)C)o5)s4)CC3)c2)cc1)N(C)C(=O)OC(C)(C)C. The molecule has 4 heterocycles. The number of carbonyl (C=O) groups excluding carboxylic acids is 3. The van der Waals surface area contributed by atoms with Crippen molar-refractivity contribution in [1.82, 2.24) is 29.5 Å². The van der Waals surface area contributed by atoms with Crippen LogP contribution in [0.25, 0.3) is 11.1 Å². The summed E-state index contributed by atoms with van der Waals surface area (Å²) in [6.07, 6.45) is 9.73. The van der Waals surface area contributed by atoms with Crippen molar-refractivity contribution < 1.29 is 23.5 Å². The molecule has 3 aromatic heterocycles. The summed E-state index contributed by atoms with van der Waals surface area (Å²) in [7, 11) is 1.78. The van der Waals surface area contributed by atoms with Crippen molar-refractivity contribution >= 4 is 46.1 Å². The number of amides is 3. The maximum absolute atomic E-state index is 13.2. The van der Waals surface area contributed by atoms with Crippen molar-refractivity contribution in [2.24, 2.45) is 5.92 Å². The van der Waals surface area contributed by atoms with Crippen molar-refractivity contribution in [3.8, 4) is 11.1 Å². The Morgan fingerprint density at radius 2 is 1.75 bits per heavy atom. The lowest BCUT2D eigenvalue weighted by atomic mass is 9.94. The van der Waals surface area contributed by atoms with E-state index in [4.69, 9.17) is 9.15 Å². The highest BCUT2D eigenvalue weighted by molar-refractivity contribution is 8.00. The van der Waals surface area contributed by atoms with Gasteiger partial charge in [0.15, 0.2) is 5.13 Å². The number of hydrogen-bond donors (Lipinski definition) is 1. The Hall–Kier alpha value is -4.17. The summed E-state index contributed by atoms with van der Waals surface area (Å²) in [6.45, 7) is 15.1. The Morgan fingerprint density at radius 1 is 1.04 bits per heavy atom. The first kappa shape index (κ1) is 39.0. The molecule has 52 heavy (non-hydrogen) atoms. The molecule has 0 radical (unpaired) electrons. The number of carbonyl (C=O) groups is 3. The maximum atomic E-state index is 13.2. The van der Waals surface area contributed by atoms with Crippen LogP contribution in [-0.4, -0.2) is 73.2 Å². The Labute approximate surface area is 314 Å². The number of oxazole rings is 1. The van der Waals surface area contributed by atoms with Crippen molar-refractivity contribution in [2.45, 2.75) is 108 Å². The summed E-state index contributed by atoms with van der Waals surface area (Å²) >= 11 is 3.00. The first-order chi connectivity index (χ1) is 24.6. The summed E-state index contributed by atoms with van der Waals surface area (Å²) in [4.78, 5) is 51.2. The minimum absolute atomic E-state index is 0.0290. The number of likely N-dealkylation sites (tertiary alicyclic amines) is 1. The number of rotatable bonds is 12. The number of benzene rings is 1. The first-order valence-electron chi connectivity index (χ1n) is 17.8. The highest BCUT2D eigenvalue weighted by Crippen LogP contribution is 2.33. The van der Waals surface area contributed by atoms with Gasteiger partial charge in [0.05, 0.1) is 34.6 Å². The molecule has 1 N–H and O–H groups in total. The van der Waals surface area contributed by atoms with E-state index in [2.05, 4.69) is 48.1 Å². The molecule has 12 nitrogen and oxygen atoms in total. The van der Waals surface area contributed by atoms with Crippen LogP contribution in [0.5, 0.6) is 0 Å². The smallest absolute Gasteiger partial charge is 0.410 e. The van der Waals surface area contributed by atoms with E-state index in [-0.39, 0.29) is 41.8 Å². The molecular formula is C38H51N7O5S2.